The van der Waals surface area contributed by atoms with Crippen LogP contribution in [0.4, 0.5) is 0 Å². The molecule has 1 saturated heterocycles. The third-order valence-electron chi connectivity index (χ3n) is 3.94. The molecule has 1 fully saturated rings. The zero-order valence-corrected chi connectivity index (χ0v) is 13.9. The summed E-state index contributed by atoms with van der Waals surface area (Å²) in [6, 6.07) is 9.85. The van der Waals surface area contributed by atoms with Crippen molar-refractivity contribution in [2.24, 2.45) is 0 Å². The van der Waals surface area contributed by atoms with E-state index in [-0.39, 0.29) is 11.8 Å². The Morgan fingerprint density at radius 2 is 1.81 bits per heavy atom. The topological polar surface area (TPSA) is 43.9 Å². The number of nitrogens with zero attached hydrogens (tertiary/aromatic N) is 3. The van der Waals surface area contributed by atoms with E-state index in [4.69, 9.17) is 0 Å². The summed E-state index contributed by atoms with van der Waals surface area (Å²) in [4.78, 5) is 4.27. The first kappa shape index (κ1) is 16.4. The van der Waals surface area contributed by atoms with Gasteiger partial charge in [-0.2, -0.15) is 4.31 Å². The van der Waals surface area contributed by atoms with Crippen LogP contribution in [0.5, 0.6) is 0 Å². The number of hydrogen-bond acceptors (Lipinski definition) is 4. The highest BCUT2D eigenvalue weighted by Crippen LogP contribution is 2.20. The van der Waals surface area contributed by atoms with Crippen LogP contribution in [0.15, 0.2) is 30.3 Å². The molecule has 1 aromatic carbocycles. The highest BCUT2D eigenvalue weighted by atomic mass is 32.2. The first-order valence-corrected chi connectivity index (χ1v) is 8.86. The SMILES string of the molecule is CN(C)CCN(C)C1CN(Cc2ccccc2)S(=O)(=O)C1. The summed E-state index contributed by atoms with van der Waals surface area (Å²) in [7, 11) is 2.93. The van der Waals surface area contributed by atoms with Crippen molar-refractivity contribution < 1.29 is 8.42 Å². The van der Waals surface area contributed by atoms with Gasteiger partial charge in [0.25, 0.3) is 0 Å². The summed E-state index contributed by atoms with van der Waals surface area (Å²) < 4.78 is 26.2. The van der Waals surface area contributed by atoms with Crippen LogP contribution in [-0.4, -0.2) is 75.1 Å². The van der Waals surface area contributed by atoms with Crippen LogP contribution >= 0.6 is 0 Å². The molecular weight excluding hydrogens is 286 g/mol. The van der Waals surface area contributed by atoms with E-state index in [1.165, 1.54) is 0 Å². The van der Waals surface area contributed by atoms with Gasteiger partial charge >= 0.3 is 0 Å². The van der Waals surface area contributed by atoms with Crippen LogP contribution in [-0.2, 0) is 16.6 Å². The van der Waals surface area contributed by atoms with Crippen molar-refractivity contribution in [3.63, 3.8) is 0 Å². The minimum atomic E-state index is -3.14. The van der Waals surface area contributed by atoms with Gasteiger partial charge < -0.3 is 4.90 Å². The fourth-order valence-electron chi connectivity index (χ4n) is 2.51. The van der Waals surface area contributed by atoms with E-state index in [0.29, 0.717) is 13.1 Å². The van der Waals surface area contributed by atoms with Crippen LogP contribution in [0.1, 0.15) is 5.56 Å². The third kappa shape index (κ3) is 4.51. The standard InChI is InChI=1S/C15H25N3O2S/c1-16(2)9-10-17(3)15-12-18(21(19,20)13-15)11-14-7-5-4-6-8-14/h4-8,15H,9-13H2,1-3H3. The van der Waals surface area contributed by atoms with E-state index < -0.39 is 10.0 Å². The van der Waals surface area contributed by atoms with Gasteiger partial charge in [-0.25, -0.2) is 8.42 Å². The van der Waals surface area contributed by atoms with E-state index in [2.05, 4.69) is 9.80 Å². The van der Waals surface area contributed by atoms with E-state index in [0.717, 1.165) is 18.7 Å². The smallest absolute Gasteiger partial charge is 0.216 e. The minimum Gasteiger partial charge on any atom is -0.308 e. The van der Waals surface area contributed by atoms with E-state index in [1.54, 1.807) is 4.31 Å². The molecule has 0 radical (unpaired) electrons. The van der Waals surface area contributed by atoms with Gasteiger partial charge in [-0.05, 0) is 26.7 Å². The quantitative estimate of drug-likeness (QED) is 0.775. The molecule has 1 atom stereocenters. The van der Waals surface area contributed by atoms with Crippen molar-refractivity contribution in [1.82, 2.24) is 14.1 Å². The van der Waals surface area contributed by atoms with Crippen molar-refractivity contribution in [3.8, 4) is 0 Å². The molecular formula is C15H25N3O2S. The Labute approximate surface area is 128 Å². The summed E-state index contributed by atoms with van der Waals surface area (Å²) in [5.74, 6) is 0.226. The maximum Gasteiger partial charge on any atom is 0.216 e. The van der Waals surface area contributed by atoms with Gasteiger partial charge in [0.05, 0.1) is 5.75 Å². The lowest BCUT2D eigenvalue weighted by Gasteiger charge is -2.24. The van der Waals surface area contributed by atoms with E-state index in [1.807, 2.05) is 51.5 Å². The largest absolute Gasteiger partial charge is 0.308 e. The second-order valence-corrected chi connectivity index (χ2v) is 8.01. The number of hydrogen-bond donors (Lipinski definition) is 0. The van der Waals surface area contributed by atoms with Gasteiger partial charge in [0.1, 0.15) is 0 Å². The lowest BCUT2D eigenvalue weighted by atomic mass is 10.2. The van der Waals surface area contributed by atoms with Gasteiger partial charge in [-0.1, -0.05) is 30.3 Å². The fourth-order valence-corrected chi connectivity index (χ4v) is 4.31. The maximum absolute atomic E-state index is 12.3. The Balaban J connectivity index is 1.98. The van der Waals surface area contributed by atoms with Gasteiger partial charge in [-0.3, -0.25) is 4.90 Å². The lowest BCUT2D eigenvalue weighted by molar-refractivity contribution is 0.218. The average Bonchev–Trinajstić information content (AvgIpc) is 2.73. The molecule has 1 aliphatic heterocycles. The number of likely N-dealkylation sites (N-methyl/N-ethyl adjacent to an activating group) is 2. The Hall–Kier alpha value is -0.950. The van der Waals surface area contributed by atoms with Gasteiger partial charge in [0.2, 0.25) is 10.0 Å². The average molecular weight is 311 g/mol. The summed E-state index contributed by atoms with van der Waals surface area (Å²) in [5.41, 5.74) is 1.04. The zero-order valence-electron chi connectivity index (χ0n) is 13.1. The molecule has 21 heavy (non-hydrogen) atoms. The Kier molecular flexibility index (Phi) is 5.37. The van der Waals surface area contributed by atoms with Crippen molar-refractivity contribution >= 4 is 10.0 Å². The lowest BCUT2D eigenvalue weighted by Crippen LogP contribution is -2.39. The zero-order chi connectivity index (χ0) is 15.5. The first-order chi connectivity index (χ1) is 9.88. The molecule has 0 amide bonds. The molecule has 0 bridgehead atoms. The van der Waals surface area contributed by atoms with Crippen LogP contribution in [0, 0.1) is 0 Å². The molecule has 1 unspecified atom stereocenters. The van der Waals surface area contributed by atoms with Gasteiger partial charge in [0, 0.05) is 32.2 Å². The van der Waals surface area contributed by atoms with Crippen molar-refractivity contribution in [1.29, 1.82) is 0 Å². The Morgan fingerprint density at radius 1 is 1.14 bits per heavy atom. The van der Waals surface area contributed by atoms with Crippen LogP contribution in [0.25, 0.3) is 0 Å². The number of benzene rings is 1. The molecule has 0 aromatic heterocycles. The molecule has 2 rings (SSSR count). The molecule has 0 spiro atoms. The predicted octanol–water partition coefficient (Wildman–Crippen LogP) is 0.694. The maximum atomic E-state index is 12.3. The molecule has 0 saturated carbocycles. The van der Waals surface area contributed by atoms with E-state index in [9.17, 15) is 8.42 Å². The van der Waals surface area contributed by atoms with E-state index >= 15 is 0 Å². The van der Waals surface area contributed by atoms with Crippen LogP contribution in [0.3, 0.4) is 0 Å². The minimum absolute atomic E-state index is 0.0821. The summed E-state index contributed by atoms with van der Waals surface area (Å²) in [5, 5.41) is 0. The molecule has 0 aliphatic carbocycles. The van der Waals surface area contributed by atoms with Crippen LogP contribution in [0.2, 0.25) is 0 Å². The Bertz CT molecular complexity index is 545. The monoisotopic (exact) mass is 311 g/mol. The normalized spacial score (nSPS) is 22.2. The molecule has 5 nitrogen and oxygen atoms in total. The fraction of sp³-hybridized carbons (Fsp3) is 0.600. The molecule has 6 heteroatoms. The second kappa shape index (κ2) is 6.87. The number of rotatable bonds is 6. The summed E-state index contributed by atoms with van der Waals surface area (Å²) in [6.07, 6.45) is 0. The number of sulfonamides is 1. The molecule has 1 heterocycles. The summed E-state index contributed by atoms with van der Waals surface area (Å²) in [6.45, 7) is 2.88. The third-order valence-corrected chi connectivity index (χ3v) is 5.81. The molecule has 118 valence electrons. The predicted molar refractivity (Wildman–Crippen MR) is 85.6 cm³/mol. The van der Waals surface area contributed by atoms with Gasteiger partial charge in [-0.15, -0.1) is 0 Å². The van der Waals surface area contributed by atoms with Crippen molar-refractivity contribution in [2.45, 2.75) is 12.6 Å². The molecule has 0 N–H and O–H groups in total. The Morgan fingerprint density at radius 3 is 2.43 bits per heavy atom. The van der Waals surface area contributed by atoms with Crippen molar-refractivity contribution in [2.75, 3.05) is 46.5 Å². The highest BCUT2D eigenvalue weighted by Gasteiger charge is 2.37. The van der Waals surface area contributed by atoms with Gasteiger partial charge in [0.15, 0.2) is 0 Å². The van der Waals surface area contributed by atoms with Crippen molar-refractivity contribution in [3.05, 3.63) is 35.9 Å². The van der Waals surface area contributed by atoms with Crippen LogP contribution < -0.4 is 0 Å². The molecule has 1 aliphatic rings. The second-order valence-electron chi connectivity index (χ2n) is 5.99. The highest BCUT2D eigenvalue weighted by molar-refractivity contribution is 7.89. The molecule has 1 aromatic rings. The summed E-state index contributed by atoms with van der Waals surface area (Å²) >= 11 is 0. The first-order valence-electron chi connectivity index (χ1n) is 7.25.